The molecule has 5 heteroatoms. The Labute approximate surface area is 120 Å². The van der Waals surface area contributed by atoms with Crippen LogP contribution in [0, 0.1) is 0 Å². The molecular formula is C14H10Cl2O3. The normalized spacial score (nSPS) is 10.2. The first-order valence-electron chi connectivity index (χ1n) is 5.47. The molecule has 19 heavy (non-hydrogen) atoms. The maximum atomic E-state index is 11.0. The smallest absolute Gasteiger partial charge is 0.339 e. The van der Waals surface area contributed by atoms with E-state index >= 15 is 0 Å². The highest BCUT2D eigenvalue weighted by Gasteiger charge is 2.10. The highest BCUT2D eigenvalue weighted by molar-refractivity contribution is 6.35. The largest absolute Gasteiger partial charge is 0.488 e. The van der Waals surface area contributed by atoms with Gasteiger partial charge in [-0.25, -0.2) is 4.79 Å². The molecule has 1 N–H and O–H groups in total. The van der Waals surface area contributed by atoms with Gasteiger partial charge in [0.05, 0.1) is 0 Å². The van der Waals surface area contributed by atoms with Gasteiger partial charge in [-0.2, -0.15) is 0 Å². The Morgan fingerprint density at radius 3 is 2.58 bits per heavy atom. The Balaban J connectivity index is 2.17. The van der Waals surface area contributed by atoms with Crippen LogP contribution in [0.25, 0.3) is 0 Å². The van der Waals surface area contributed by atoms with Crippen molar-refractivity contribution in [3.8, 4) is 5.75 Å². The average Bonchev–Trinajstić information content (AvgIpc) is 2.38. The summed E-state index contributed by atoms with van der Waals surface area (Å²) in [5, 5.41) is 10.1. The lowest BCUT2D eigenvalue weighted by Crippen LogP contribution is -2.03. The summed E-state index contributed by atoms with van der Waals surface area (Å²) in [6.45, 7) is 0.181. The quantitative estimate of drug-likeness (QED) is 0.916. The van der Waals surface area contributed by atoms with Gasteiger partial charge in [0.2, 0.25) is 0 Å². The van der Waals surface area contributed by atoms with Crippen LogP contribution in [-0.4, -0.2) is 11.1 Å². The summed E-state index contributed by atoms with van der Waals surface area (Å²) in [5.74, 6) is -0.723. The fourth-order valence-electron chi connectivity index (χ4n) is 1.56. The number of benzene rings is 2. The van der Waals surface area contributed by atoms with Crippen molar-refractivity contribution in [2.75, 3.05) is 0 Å². The van der Waals surface area contributed by atoms with E-state index in [9.17, 15) is 4.79 Å². The van der Waals surface area contributed by atoms with Gasteiger partial charge in [0.25, 0.3) is 0 Å². The van der Waals surface area contributed by atoms with Crippen LogP contribution in [0.4, 0.5) is 0 Å². The molecule has 98 valence electrons. The lowest BCUT2D eigenvalue weighted by atomic mass is 10.2. The minimum absolute atomic E-state index is 0.118. The van der Waals surface area contributed by atoms with E-state index in [0.717, 1.165) is 5.56 Å². The van der Waals surface area contributed by atoms with E-state index in [1.54, 1.807) is 36.4 Å². The predicted octanol–water partition coefficient (Wildman–Crippen LogP) is 4.27. The molecule has 0 aliphatic carbocycles. The summed E-state index contributed by atoms with van der Waals surface area (Å²) in [4.78, 5) is 11.0. The molecule has 0 saturated heterocycles. The summed E-state index contributed by atoms with van der Waals surface area (Å²) in [7, 11) is 0. The summed E-state index contributed by atoms with van der Waals surface area (Å²) in [6.07, 6.45) is 0. The molecule has 0 radical (unpaired) electrons. The van der Waals surface area contributed by atoms with Gasteiger partial charge in [0.1, 0.15) is 17.9 Å². The van der Waals surface area contributed by atoms with Crippen molar-refractivity contribution < 1.29 is 14.6 Å². The van der Waals surface area contributed by atoms with Crippen molar-refractivity contribution in [3.63, 3.8) is 0 Å². The number of carbonyl (C=O) groups is 1. The molecule has 0 amide bonds. The van der Waals surface area contributed by atoms with Gasteiger partial charge in [0, 0.05) is 15.6 Å². The molecule has 0 aromatic heterocycles. The van der Waals surface area contributed by atoms with Crippen LogP contribution < -0.4 is 4.74 Å². The van der Waals surface area contributed by atoms with E-state index in [1.165, 1.54) is 6.07 Å². The molecule has 2 aromatic rings. The van der Waals surface area contributed by atoms with E-state index in [2.05, 4.69) is 0 Å². The van der Waals surface area contributed by atoms with Gasteiger partial charge < -0.3 is 9.84 Å². The molecule has 0 bridgehead atoms. The highest BCUT2D eigenvalue weighted by atomic mass is 35.5. The maximum Gasteiger partial charge on any atom is 0.339 e. The third-order valence-corrected chi connectivity index (χ3v) is 3.10. The number of carboxylic acids is 1. The second kappa shape index (κ2) is 5.95. The summed E-state index contributed by atoms with van der Waals surface area (Å²) < 4.78 is 5.50. The molecule has 2 rings (SSSR count). The number of rotatable bonds is 4. The molecular weight excluding hydrogens is 287 g/mol. The Bertz CT molecular complexity index is 611. The number of hydrogen-bond donors (Lipinski definition) is 1. The van der Waals surface area contributed by atoms with Crippen molar-refractivity contribution in [1.82, 2.24) is 0 Å². The van der Waals surface area contributed by atoms with Gasteiger partial charge in [-0.15, -0.1) is 0 Å². The fraction of sp³-hybridized carbons (Fsp3) is 0.0714. The first kappa shape index (κ1) is 13.7. The van der Waals surface area contributed by atoms with E-state index in [-0.39, 0.29) is 12.2 Å². The number of aromatic carboxylic acids is 1. The lowest BCUT2D eigenvalue weighted by Gasteiger charge is -2.10. The van der Waals surface area contributed by atoms with Gasteiger partial charge >= 0.3 is 5.97 Å². The number of para-hydroxylation sites is 1. The van der Waals surface area contributed by atoms with Crippen LogP contribution in [0.15, 0.2) is 42.5 Å². The summed E-state index contributed by atoms with van der Waals surface area (Å²) >= 11 is 11.8. The van der Waals surface area contributed by atoms with Crippen molar-refractivity contribution in [2.45, 2.75) is 6.61 Å². The number of hydrogen-bond acceptors (Lipinski definition) is 2. The first-order valence-corrected chi connectivity index (χ1v) is 6.22. The van der Waals surface area contributed by atoms with Crippen molar-refractivity contribution >= 4 is 29.2 Å². The van der Waals surface area contributed by atoms with Crippen LogP contribution in [-0.2, 0) is 6.61 Å². The standard InChI is InChI=1S/C14H10Cl2O3/c15-10-6-5-9(12(16)7-10)8-19-13-4-2-1-3-11(13)14(17)18/h1-7H,8H2,(H,17,18). The Morgan fingerprint density at radius 1 is 1.16 bits per heavy atom. The molecule has 2 aromatic carbocycles. The van der Waals surface area contributed by atoms with Crippen molar-refractivity contribution in [2.24, 2.45) is 0 Å². The van der Waals surface area contributed by atoms with Gasteiger partial charge in [-0.1, -0.05) is 41.4 Å². The predicted molar refractivity (Wildman–Crippen MR) is 74.2 cm³/mol. The zero-order chi connectivity index (χ0) is 13.8. The monoisotopic (exact) mass is 296 g/mol. The molecule has 0 heterocycles. The fourth-order valence-corrected chi connectivity index (χ4v) is 2.03. The van der Waals surface area contributed by atoms with Crippen LogP contribution in [0.3, 0.4) is 0 Å². The third-order valence-electron chi connectivity index (χ3n) is 2.52. The molecule has 0 fully saturated rings. The number of halogens is 2. The molecule has 0 spiro atoms. The van der Waals surface area contributed by atoms with Crippen LogP contribution in [0.5, 0.6) is 5.75 Å². The maximum absolute atomic E-state index is 11.0. The van der Waals surface area contributed by atoms with E-state index < -0.39 is 5.97 Å². The zero-order valence-electron chi connectivity index (χ0n) is 9.77. The minimum atomic E-state index is -1.03. The highest BCUT2D eigenvalue weighted by Crippen LogP contribution is 2.24. The van der Waals surface area contributed by atoms with Crippen LogP contribution >= 0.6 is 23.2 Å². The molecule has 0 saturated carbocycles. The molecule has 0 aliphatic rings. The Kier molecular flexibility index (Phi) is 4.30. The van der Waals surface area contributed by atoms with Gasteiger partial charge in [0.15, 0.2) is 0 Å². The lowest BCUT2D eigenvalue weighted by molar-refractivity contribution is 0.0692. The van der Waals surface area contributed by atoms with Crippen molar-refractivity contribution in [3.05, 3.63) is 63.6 Å². The first-order chi connectivity index (χ1) is 9.08. The zero-order valence-corrected chi connectivity index (χ0v) is 11.3. The molecule has 0 aliphatic heterocycles. The number of ether oxygens (including phenoxy) is 1. The topological polar surface area (TPSA) is 46.5 Å². The summed E-state index contributed by atoms with van der Waals surface area (Å²) in [6, 6.07) is 11.5. The Hall–Kier alpha value is -1.71. The summed E-state index contributed by atoms with van der Waals surface area (Å²) in [5.41, 5.74) is 0.860. The minimum Gasteiger partial charge on any atom is -0.488 e. The van der Waals surface area contributed by atoms with Gasteiger partial charge in [-0.3, -0.25) is 0 Å². The van der Waals surface area contributed by atoms with Crippen LogP contribution in [0.1, 0.15) is 15.9 Å². The Morgan fingerprint density at radius 2 is 1.89 bits per heavy atom. The second-order valence-electron chi connectivity index (χ2n) is 3.83. The average molecular weight is 297 g/mol. The van der Waals surface area contributed by atoms with Gasteiger partial charge in [-0.05, 0) is 24.3 Å². The SMILES string of the molecule is O=C(O)c1ccccc1OCc1ccc(Cl)cc1Cl. The third kappa shape index (κ3) is 3.40. The molecule has 0 atom stereocenters. The van der Waals surface area contributed by atoms with Crippen molar-refractivity contribution in [1.29, 1.82) is 0 Å². The van der Waals surface area contributed by atoms with E-state index in [0.29, 0.717) is 15.8 Å². The number of carboxylic acid groups (broad SMARTS) is 1. The molecule has 3 nitrogen and oxygen atoms in total. The molecule has 0 unspecified atom stereocenters. The van der Waals surface area contributed by atoms with E-state index in [4.69, 9.17) is 33.0 Å². The van der Waals surface area contributed by atoms with E-state index in [1.807, 2.05) is 0 Å². The second-order valence-corrected chi connectivity index (χ2v) is 4.67. The van der Waals surface area contributed by atoms with Crippen LogP contribution in [0.2, 0.25) is 10.0 Å².